The van der Waals surface area contributed by atoms with E-state index >= 15 is 0 Å². The van der Waals surface area contributed by atoms with Gasteiger partial charge in [-0.2, -0.15) is 0 Å². The minimum atomic E-state index is -0.429. The van der Waals surface area contributed by atoms with Gasteiger partial charge in [0.2, 0.25) is 0 Å². The van der Waals surface area contributed by atoms with Crippen LogP contribution in [0.25, 0.3) is 11.0 Å². The first-order valence-electron chi connectivity index (χ1n) is 9.93. The number of benzene rings is 2. The molecule has 3 N–H and O–H groups in total. The molecule has 0 bridgehead atoms. The van der Waals surface area contributed by atoms with Crippen molar-refractivity contribution < 1.29 is 19.1 Å². The molecule has 11 heteroatoms. The van der Waals surface area contributed by atoms with Crippen LogP contribution in [0.5, 0.6) is 11.5 Å². The Labute approximate surface area is 190 Å². The van der Waals surface area contributed by atoms with E-state index in [1.165, 1.54) is 14.2 Å². The van der Waals surface area contributed by atoms with Crippen LogP contribution in [-0.2, 0) is 6.54 Å². The minimum absolute atomic E-state index is 0.0417. The second-order valence-corrected chi connectivity index (χ2v) is 7.62. The first-order chi connectivity index (χ1) is 15.3. The number of aromatic nitrogens is 3. The van der Waals surface area contributed by atoms with Crippen molar-refractivity contribution in [1.82, 2.24) is 25.6 Å². The van der Waals surface area contributed by atoms with Crippen molar-refractivity contribution in [3.63, 3.8) is 0 Å². The van der Waals surface area contributed by atoms with Gasteiger partial charge in [-0.15, -0.1) is 5.10 Å². The zero-order valence-corrected chi connectivity index (χ0v) is 19.0. The molecule has 0 saturated heterocycles. The van der Waals surface area contributed by atoms with E-state index in [0.717, 1.165) is 5.52 Å². The van der Waals surface area contributed by atoms with Crippen molar-refractivity contribution in [1.29, 1.82) is 0 Å². The molecule has 3 aromatic rings. The Kier molecular flexibility index (Phi) is 7.37. The summed E-state index contributed by atoms with van der Waals surface area (Å²) in [6.07, 6.45) is 0. The number of halogens is 1. The summed E-state index contributed by atoms with van der Waals surface area (Å²) in [5, 5.41) is 16.9. The number of hydrogen-bond donors (Lipinski definition) is 3. The number of methoxy groups -OCH3 is 2. The van der Waals surface area contributed by atoms with Gasteiger partial charge in [0.1, 0.15) is 17.0 Å². The van der Waals surface area contributed by atoms with Gasteiger partial charge in [0, 0.05) is 24.2 Å². The maximum atomic E-state index is 12.3. The Morgan fingerprint density at radius 3 is 2.56 bits per heavy atom. The van der Waals surface area contributed by atoms with Crippen LogP contribution in [0.4, 0.5) is 10.5 Å². The van der Waals surface area contributed by atoms with Gasteiger partial charge in [-0.1, -0.05) is 16.8 Å². The number of carbonyl (C=O) groups is 2. The molecule has 2 aromatic carbocycles. The zero-order chi connectivity index (χ0) is 23.3. The molecule has 0 aliphatic carbocycles. The van der Waals surface area contributed by atoms with Crippen LogP contribution < -0.4 is 25.4 Å². The first-order valence-corrected chi connectivity index (χ1v) is 10.3. The van der Waals surface area contributed by atoms with Gasteiger partial charge >= 0.3 is 6.03 Å². The highest BCUT2D eigenvalue weighted by atomic mass is 35.5. The first kappa shape index (κ1) is 23.1. The number of amides is 3. The van der Waals surface area contributed by atoms with Gasteiger partial charge in [0.25, 0.3) is 5.91 Å². The maximum absolute atomic E-state index is 12.3. The molecule has 0 radical (unpaired) electrons. The summed E-state index contributed by atoms with van der Waals surface area (Å²) in [4.78, 5) is 24.5. The van der Waals surface area contributed by atoms with Gasteiger partial charge in [0.05, 0.1) is 37.0 Å². The number of nitrogens with one attached hydrogen (secondary N) is 3. The van der Waals surface area contributed by atoms with Crippen LogP contribution in [0, 0.1) is 0 Å². The quantitative estimate of drug-likeness (QED) is 0.475. The lowest BCUT2D eigenvalue weighted by Crippen LogP contribution is -2.31. The number of rotatable bonds is 8. The number of fused-ring (bicyclic) bond motifs is 1. The van der Waals surface area contributed by atoms with Crippen molar-refractivity contribution in [3.05, 3.63) is 40.9 Å². The van der Waals surface area contributed by atoms with Crippen LogP contribution in [0.2, 0.25) is 5.02 Å². The number of urea groups is 1. The van der Waals surface area contributed by atoms with Gasteiger partial charge < -0.3 is 25.4 Å². The smallest absolute Gasteiger partial charge is 0.319 e. The largest absolute Gasteiger partial charge is 0.495 e. The third-order valence-corrected chi connectivity index (χ3v) is 4.82. The molecular formula is C21H25ClN6O4. The fourth-order valence-electron chi connectivity index (χ4n) is 3.02. The standard InChI is InChI=1S/C21H25ClN6O4/c1-12(2)24-20(29)13-5-6-17-15(9-13)26-27-28(17)8-7-23-21(30)25-16-10-14(22)18(31-3)11-19(16)32-4/h5-6,9-12H,7-8H2,1-4H3,(H,24,29)(H2,23,25,30). The third kappa shape index (κ3) is 5.38. The van der Waals surface area contributed by atoms with Crippen LogP contribution in [0.15, 0.2) is 30.3 Å². The Balaban J connectivity index is 1.60. The summed E-state index contributed by atoms with van der Waals surface area (Å²) >= 11 is 6.13. The van der Waals surface area contributed by atoms with E-state index in [4.69, 9.17) is 21.1 Å². The normalized spacial score (nSPS) is 10.8. The van der Waals surface area contributed by atoms with Crippen LogP contribution in [-0.4, -0.2) is 53.7 Å². The Morgan fingerprint density at radius 1 is 1.12 bits per heavy atom. The molecule has 170 valence electrons. The van der Waals surface area contributed by atoms with E-state index in [9.17, 15) is 9.59 Å². The van der Waals surface area contributed by atoms with Gasteiger partial charge in [-0.3, -0.25) is 4.79 Å². The number of nitrogens with zero attached hydrogens (tertiary/aromatic N) is 3. The SMILES string of the molecule is COc1cc(OC)c(NC(=O)NCCn2nnc3cc(C(=O)NC(C)C)ccc32)cc1Cl. The molecule has 3 amide bonds. The summed E-state index contributed by atoms with van der Waals surface area (Å²) in [7, 11) is 2.98. The van der Waals surface area contributed by atoms with Gasteiger partial charge in [0.15, 0.2) is 0 Å². The van der Waals surface area contributed by atoms with Crippen LogP contribution >= 0.6 is 11.6 Å². The number of carbonyl (C=O) groups excluding carboxylic acids is 2. The van der Waals surface area contributed by atoms with E-state index in [1.807, 2.05) is 13.8 Å². The molecule has 0 aliphatic rings. The van der Waals surface area contributed by atoms with Gasteiger partial charge in [-0.25, -0.2) is 9.48 Å². The minimum Gasteiger partial charge on any atom is -0.495 e. The second-order valence-electron chi connectivity index (χ2n) is 7.21. The molecule has 0 aliphatic heterocycles. The molecule has 0 fully saturated rings. The molecule has 32 heavy (non-hydrogen) atoms. The summed E-state index contributed by atoms with van der Waals surface area (Å²) in [5.74, 6) is 0.696. The lowest BCUT2D eigenvalue weighted by Gasteiger charge is -2.13. The number of hydrogen-bond acceptors (Lipinski definition) is 6. The summed E-state index contributed by atoms with van der Waals surface area (Å²) in [6.45, 7) is 4.48. The summed E-state index contributed by atoms with van der Waals surface area (Å²) in [6, 6.07) is 7.96. The third-order valence-electron chi connectivity index (χ3n) is 4.53. The van der Waals surface area contributed by atoms with Gasteiger partial charge in [-0.05, 0) is 38.1 Å². The van der Waals surface area contributed by atoms with Crippen LogP contribution in [0.3, 0.4) is 0 Å². The Bertz CT molecular complexity index is 1130. The number of anilines is 1. The average molecular weight is 461 g/mol. The van der Waals surface area contributed by atoms with E-state index in [-0.39, 0.29) is 11.9 Å². The molecule has 3 rings (SSSR count). The second kappa shape index (κ2) is 10.2. The highest BCUT2D eigenvalue weighted by Crippen LogP contribution is 2.35. The predicted octanol–water partition coefficient (Wildman–Crippen LogP) is 3.06. The van der Waals surface area contributed by atoms with E-state index in [2.05, 4.69) is 26.3 Å². The van der Waals surface area contributed by atoms with Crippen molar-refractivity contribution in [3.8, 4) is 11.5 Å². The van der Waals surface area contributed by atoms with E-state index in [1.54, 1.807) is 35.0 Å². The summed E-state index contributed by atoms with van der Waals surface area (Å²) in [5.41, 5.74) is 2.29. The lowest BCUT2D eigenvalue weighted by atomic mass is 10.2. The predicted molar refractivity (Wildman–Crippen MR) is 122 cm³/mol. The van der Waals surface area contributed by atoms with E-state index in [0.29, 0.717) is 46.4 Å². The molecule has 1 heterocycles. The van der Waals surface area contributed by atoms with Crippen molar-refractivity contribution in [2.45, 2.75) is 26.4 Å². The lowest BCUT2D eigenvalue weighted by molar-refractivity contribution is 0.0943. The fraction of sp³-hybridized carbons (Fsp3) is 0.333. The summed E-state index contributed by atoms with van der Waals surface area (Å²) < 4.78 is 12.1. The zero-order valence-electron chi connectivity index (χ0n) is 18.2. The topological polar surface area (TPSA) is 119 Å². The molecule has 0 atom stereocenters. The highest BCUT2D eigenvalue weighted by Gasteiger charge is 2.14. The average Bonchev–Trinajstić information content (AvgIpc) is 3.15. The molecule has 0 saturated carbocycles. The molecule has 10 nitrogen and oxygen atoms in total. The molecule has 0 unspecified atom stereocenters. The van der Waals surface area contributed by atoms with Crippen molar-refractivity contribution >= 4 is 40.3 Å². The maximum Gasteiger partial charge on any atom is 0.319 e. The van der Waals surface area contributed by atoms with Crippen molar-refractivity contribution in [2.24, 2.45) is 0 Å². The fourth-order valence-corrected chi connectivity index (χ4v) is 3.26. The molecular weight excluding hydrogens is 436 g/mol. The molecule has 0 spiro atoms. The monoisotopic (exact) mass is 460 g/mol. The van der Waals surface area contributed by atoms with Crippen molar-refractivity contribution in [2.75, 3.05) is 26.1 Å². The van der Waals surface area contributed by atoms with E-state index < -0.39 is 6.03 Å². The Hall–Kier alpha value is -3.53. The number of ether oxygens (including phenoxy) is 2. The highest BCUT2D eigenvalue weighted by molar-refractivity contribution is 6.32. The van der Waals surface area contributed by atoms with Crippen LogP contribution in [0.1, 0.15) is 24.2 Å². The molecule has 1 aromatic heterocycles. The Morgan fingerprint density at radius 2 is 1.88 bits per heavy atom.